The lowest BCUT2D eigenvalue weighted by molar-refractivity contribution is 0.0602. The summed E-state index contributed by atoms with van der Waals surface area (Å²) in [4.78, 5) is 13.6. The summed E-state index contributed by atoms with van der Waals surface area (Å²) >= 11 is 0. The van der Waals surface area contributed by atoms with Gasteiger partial charge >= 0.3 is 5.97 Å². The minimum absolute atomic E-state index is 0.0718. The van der Waals surface area contributed by atoms with Crippen molar-refractivity contribution in [2.75, 3.05) is 30.8 Å². The Bertz CT molecular complexity index is 578. The number of hydrogen-bond donors (Lipinski definition) is 2. The molecule has 0 amide bonds. The molecular formula is C15H19FN2O3. The predicted molar refractivity (Wildman–Crippen MR) is 76.6 cm³/mol. The van der Waals surface area contributed by atoms with Crippen LogP contribution in [0.4, 0.5) is 15.8 Å². The molecule has 0 bridgehead atoms. The Morgan fingerprint density at radius 1 is 1.43 bits per heavy atom. The summed E-state index contributed by atoms with van der Waals surface area (Å²) in [6, 6.07) is 2.61. The molecule has 21 heavy (non-hydrogen) atoms. The fraction of sp³-hybridized carbons (Fsp3) is 0.533. The molecule has 0 radical (unpaired) electrons. The summed E-state index contributed by atoms with van der Waals surface area (Å²) in [5.41, 5.74) is 6.28. The van der Waals surface area contributed by atoms with Gasteiger partial charge < -0.3 is 20.5 Å². The van der Waals surface area contributed by atoms with E-state index in [1.54, 1.807) is 0 Å². The first-order chi connectivity index (χ1) is 10.0. The number of benzene rings is 1. The van der Waals surface area contributed by atoms with Crippen molar-refractivity contribution in [2.45, 2.75) is 18.9 Å². The molecule has 2 aliphatic rings. The fourth-order valence-electron chi connectivity index (χ4n) is 3.54. The summed E-state index contributed by atoms with van der Waals surface area (Å²) in [5.74, 6) is -0.454. The van der Waals surface area contributed by atoms with Crippen LogP contribution in [0.25, 0.3) is 0 Å². The smallest absolute Gasteiger partial charge is 0.340 e. The number of aliphatic hydroxyl groups is 1. The molecule has 5 nitrogen and oxygen atoms in total. The number of fused-ring (bicyclic) bond motifs is 1. The number of aliphatic hydroxyl groups excluding tert-OH is 1. The van der Waals surface area contributed by atoms with Gasteiger partial charge in [-0.15, -0.1) is 0 Å². The zero-order chi connectivity index (χ0) is 15.1. The minimum Gasteiger partial charge on any atom is -0.465 e. The third-order valence-electron chi connectivity index (χ3n) is 4.68. The molecule has 3 unspecified atom stereocenters. The van der Waals surface area contributed by atoms with Crippen molar-refractivity contribution in [3.63, 3.8) is 0 Å². The number of nitrogen functional groups attached to an aromatic ring is 1. The van der Waals surface area contributed by atoms with E-state index in [1.165, 1.54) is 13.2 Å². The molecule has 1 saturated heterocycles. The minimum atomic E-state index is -0.576. The lowest BCUT2D eigenvalue weighted by atomic mass is 10.00. The first kappa shape index (κ1) is 14.1. The molecule has 0 spiro atoms. The van der Waals surface area contributed by atoms with Gasteiger partial charge in [0.2, 0.25) is 0 Å². The molecule has 1 heterocycles. The number of rotatable bonds is 2. The Morgan fingerprint density at radius 3 is 2.86 bits per heavy atom. The Balaban J connectivity index is 1.91. The molecule has 1 aliphatic heterocycles. The largest absolute Gasteiger partial charge is 0.465 e. The Morgan fingerprint density at radius 2 is 2.19 bits per heavy atom. The van der Waals surface area contributed by atoms with E-state index in [0.717, 1.165) is 18.9 Å². The number of carbonyl (C=O) groups excluding carboxylic acids is 1. The van der Waals surface area contributed by atoms with Crippen LogP contribution < -0.4 is 10.6 Å². The maximum Gasteiger partial charge on any atom is 0.340 e. The van der Waals surface area contributed by atoms with Gasteiger partial charge in [0.05, 0.1) is 24.5 Å². The number of ether oxygens (including phenoxy) is 1. The van der Waals surface area contributed by atoms with E-state index in [4.69, 9.17) is 5.73 Å². The van der Waals surface area contributed by atoms with Gasteiger partial charge in [0.1, 0.15) is 5.82 Å². The molecule has 1 aliphatic carbocycles. The van der Waals surface area contributed by atoms with Crippen LogP contribution in [0.2, 0.25) is 0 Å². The number of carbonyl (C=O) groups is 1. The monoisotopic (exact) mass is 294 g/mol. The average molecular weight is 294 g/mol. The summed E-state index contributed by atoms with van der Waals surface area (Å²) in [6.45, 7) is 1.30. The number of nitrogens with zero attached hydrogens (tertiary/aromatic N) is 1. The van der Waals surface area contributed by atoms with Gasteiger partial charge in [-0.3, -0.25) is 0 Å². The maximum absolute atomic E-state index is 14.2. The van der Waals surface area contributed by atoms with Crippen LogP contribution in [0.15, 0.2) is 12.1 Å². The molecule has 6 heteroatoms. The molecule has 1 aromatic carbocycles. The van der Waals surface area contributed by atoms with E-state index in [0.29, 0.717) is 24.7 Å². The van der Waals surface area contributed by atoms with Crippen LogP contribution in [-0.4, -0.2) is 37.4 Å². The Kier molecular flexibility index (Phi) is 3.49. The highest BCUT2D eigenvalue weighted by Crippen LogP contribution is 2.41. The molecule has 3 rings (SSSR count). The molecule has 114 valence electrons. The second kappa shape index (κ2) is 5.18. The molecule has 3 atom stereocenters. The van der Waals surface area contributed by atoms with E-state index >= 15 is 0 Å². The second-order valence-electron chi connectivity index (χ2n) is 5.86. The van der Waals surface area contributed by atoms with Crippen molar-refractivity contribution >= 4 is 17.3 Å². The number of esters is 1. The van der Waals surface area contributed by atoms with E-state index in [1.807, 2.05) is 4.90 Å². The molecule has 1 saturated carbocycles. The third-order valence-corrected chi connectivity index (χ3v) is 4.68. The quantitative estimate of drug-likeness (QED) is 0.637. The molecular weight excluding hydrogens is 275 g/mol. The van der Waals surface area contributed by atoms with Gasteiger partial charge in [0.25, 0.3) is 0 Å². The van der Waals surface area contributed by atoms with E-state index in [2.05, 4.69) is 4.74 Å². The van der Waals surface area contributed by atoms with Gasteiger partial charge in [-0.1, -0.05) is 0 Å². The zero-order valence-electron chi connectivity index (χ0n) is 11.9. The number of methoxy groups -OCH3 is 1. The highest BCUT2D eigenvalue weighted by Gasteiger charge is 2.42. The van der Waals surface area contributed by atoms with Gasteiger partial charge in [0.15, 0.2) is 0 Å². The predicted octanol–water partition coefficient (Wildman–Crippen LogP) is 1.40. The van der Waals surface area contributed by atoms with E-state index in [9.17, 15) is 14.3 Å². The summed E-state index contributed by atoms with van der Waals surface area (Å²) in [5, 5.41) is 9.94. The fourth-order valence-corrected chi connectivity index (χ4v) is 3.54. The normalized spacial score (nSPS) is 27.8. The Hall–Kier alpha value is -1.82. The van der Waals surface area contributed by atoms with Crippen LogP contribution in [0.1, 0.15) is 23.2 Å². The molecule has 2 fully saturated rings. The molecule has 0 aromatic heterocycles. The SMILES string of the molecule is COC(=O)c1cc(N2CC3CCC(O)C3C2)c(F)cc1N. The lowest BCUT2D eigenvalue weighted by Crippen LogP contribution is -2.25. The number of nitrogens with two attached hydrogens (primary N) is 1. The highest BCUT2D eigenvalue weighted by atomic mass is 19.1. The number of halogens is 1. The zero-order valence-corrected chi connectivity index (χ0v) is 11.9. The number of hydrogen-bond acceptors (Lipinski definition) is 5. The van der Waals surface area contributed by atoms with Gasteiger partial charge in [0, 0.05) is 24.7 Å². The lowest BCUT2D eigenvalue weighted by Gasteiger charge is -2.22. The molecule has 3 N–H and O–H groups in total. The van der Waals surface area contributed by atoms with Crippen molar-refractivity contribution in [1.82, 2.24) is 0 Å². The standard InChI is InChI=1S/C15H19FN2O3/c1-21-15(20)9-4-13(11(16)5-12(9)17)18-6-8-2-3-14(19)10(8)7-18/h4-5,8,10,14,19H,2-3,6-7,17H2,1H3. The van der Waals surface area contributed by atoms with Crippen molar-refractivity contribution < 1.29 is 19.0 Å². The van der Waals surface area contributed by atoms with Gasteiger partial charge in [-0.05, 0) is 30.9 Å². The molecule has 1 aromatic rings. The van der Waals surface area contributed by atoms with Gasteiger partial charge in [-0.2, -0.15) is 0 Å². The van der Waals surface area contributed by atoms with Gasteiger partial charge in [-0.25, -0.2) is 9.18 Å². The van der Waals surface area contributed by atoms with Crippen molar-refractivity contribution in [3.8, 4) is 0 Å². The van der Waals surface area contributed by atoms with Crippen molar-refractivity contribution in [1.29, 1.82) is 0 Å². The topological polar surface area (TPSA) is 75.8 Å². The first-order valence-corrected chi connectivity index (χ1v) is 7.11. The van der Waals surface area contributed by atoms with Crippen molar-refractivity contribution in [2.24, 2.45) is 11.8 Å². The highest BCUT2D eigenvalue weighted by molar-refractivity contribution is 5.96. The van der Waals surface area contributed by atoms with E-state index in [-0.39, 0.29) is 23.3 Å². The van der Waals surface area contributed by atoms with Crippen LogP contribution in [-0.2, 0) is 4.74 Å². The first-order valence-electron chi connectivity index (χ1n) is 7.11. The summed E-state index contributed by atoms with van der Waals surface area (Å²) < 4.78 is 18.9. The van der Waals surface area contributed by atoms with Crippen LogP contribution in [0, 0.1) is 17.7 Å². The second-order valence-corrected chi connectivity index (χ2v) is 5.86. The maximum atomic E-state index is 14.2. The van der Waals surface area contributed by atoms with Crippen LogP contribution >= 0.6 is 0 Å². The van der Waals surface area contributed by atoms with E-state index < -0.39 is 11.8 Å². The summed E-state index contributed by atoms with van der Waals surface area (Å²) in [7, 11) is 1.27. The van der Waals surface area contributed by atoms with Crippen molar-refractivity contribution in [3.05, 3.63) is 23.5 Å². The third kappa shape index (κ3) is 2.33. The summed E-state index contributed by atoms with van der Waals surface area (Å²) in [6.07, 6.45) is 1.47. The van der Waals surface area contributed by atoms with Crippen LogP contribution in [0.5, 0.6) is 0 Å². The van der Waals surface area contributed by atoms with Crippen LogP contribution in [0.3, 0.4) is 0 Å². The average Bonchev–Trinajstić information content (AvgIpc) is 3.01. The Labute approximate surface area is 122 Å². The number of anilines is 2.